The number of amides is 2. The van der Waals surface area contributed by atoms with Gasteiger partial charge in [0.05, 0.1) is 7.11 Å². The monoisotopic (exact) mass is 355 g/mol. The van der Waals surface area contributed by atoms with Crippen molar-refractivity contribution in [1.82, 2.24) is 15.4 Å². The third-order valence-electron chi connectivity index (χ3n) is 4.61. The minimum Gasteiger partial charge on any atom is -0.288 e. The third-order valence-corrected chi connectivity index (χ3v) is 4.61. The molecule has 0 saturated heterocycles. The van der Waals surface area contributed by atoms with E-state index < -0.39 is 5.91 Å². The van der Waals surface area contributed by atoms with Gasteiger partial charge in [0.25, 0.3) is 11.8 Å². The van der Waals surface area contributed by atoms with Crippen molar-refractivity contribution in [2.75, 3.05) is 14.2 Å². The van der Waals surface area contributed by atoms with E-state index in [4.69, 9.17) is 10.0 Å². The summed E-state index contributed by atoms with van der Waals surface area (Å²) in [6, 6.07) is 14.2. The van der Waals surface area contributed by atoms with Crippen molar-refractivity contribution in [2.45, 2.75) is 19.1 Å². The molecule has 1 unspecified atom stereocenters. The first-order valence-electron chi connectivity index (χ1n) is 8.24. The number of rotatable bonds is 4. The summed E-state index contributed by atoms with van der Waals surface area (Å²) in [5.41, 5.74) is 4.66. The molecule has 1 aliphatic rings. The lowest BCUT2D eigenvalue weighted by Gasteiger charge is -2.39. The quantitative estimate of drug-likeness (QED) is 0.646. The Morgan fingerprint density at radius 3 is 2.35 bits per heavy atom. The third kappa shape index (κ3) is 3.45. The van der Waals surface area contributed by atoms with Gasteiger partial charge in [-0.05, 0) is 42.4 Å². The van der Waals surface area contributed by atoms with E-state index in [0.29, 0.717) is 12.0 Å². The molecule has 7 nitrogen and oxygen atoms in total. The van der Waals surface area contributed by atoms with Crippen LogP contribution >= 0.6 is 0 Å². The number of nitrogens with zero attached hydrogens (tertiary/aromatic N) is 2. The first-order valence-corrected chi connectivity index (χ1v) is 8.24. The summed E-state index contributed by atoms with van der Waals surface area (Å²) in [5.74, 6) is -0.920. The summed E-state index contributed by atoms with van der Waals surface area (Å²) in [6.07, 6.45) is 0.430. The Morgan fingerprint density at radius 2 is 1.73 bits per heavy atom. The Bertz CT molecular complexity index is 807. The van der Waals surface area contributed by atoms with E-state index in [9.17, 15) is 9.59 Å². The average molecular weight is 355 g/mol. The number of benzene rings is 2. The van der Waals surface area contributed by atoms with Crippen molar-refractivity contribution in [1.29, 1.82) is 0 Å². The molecule has 0 saturated carbocycles. The normalized spacial score (nSPS) is 16.7. The summed E-state index contributed by atoms with van der Waals surface area (Å²) in [6.45, 7) is 0.726. The zero-order valence-electron chi connectivity index (χ0n) is 14.7. The van der Waals surface area contributed by atoms with Crippen molar-refractivity contribution >= 4 is 11.8 Å². The molecule has 0 aromatic heterocycles. The Hall–Kier alpha value is -2.74. The summed E-state index contributed by atoms with van der Waals surface area (Å²) >= 11 is 0. The fourth-order valence-corrected chi connectivity index (χ4v) is 3.20. The Morgan fingerprint density at radius 1 is 1.12 bits per heavy atom. The molecule has 7 heteroatoms. The second-order valence-electron chi connectivity index (χ2n) is 6.20. The van der Waals surface area contributed by atoms with Crippen LogP contribution in [0.4, 0.5) is 0 Å². The van der Waals surface area contributed by atoms with Crippen LogP contribution in [0.2, 0.25) is 0 Å². The lowest BCUT2D eigenvalue weighted by atomic mass is 9.97. The van der Waals surface area contributed by atoms with E-state index in [1.807, 2.05) is 19.2 Å². The van der Waals surface area contributed by atoms with Crippen molar-refractivity contribution in [3.8, 4) is 0 Å². The van der Waals surface area contributed by atoms with E-state index in [1.165, 1.54) is 47.6 Å². The standard InChI is InChI=1S/C19H21N3O4/c1-21-12-16-6-4-3-5-15(16)11-17(21)22(26-2)19(24)14-9-7-13(8-10-14)18(23)20-25/h3-10,17,25H,11-12H2,1-2H3,(H,20,23). The molecule has 1 aliphatic heterocycles. The average Bonchev–Trinajstić information content (AvgIpc) is 2.68. The van der Waals surface area contributed by atoms with Crippen LogP contribution in [0.1, 0.15) is 31.8 Å². The lowest BCUT2D eigenvalue weighted by Crippen LogP contribution is -2.52. The van der Waals surface area contributed by atoms with Gasteiger partial charge >= 0.3 is 0 Å². The van der Waals surface area contributed by atoms with Crippen LogP contribution in [0, 0.1) is 0 Å². The molecule has 1 heterocycles. The maximum absolute atomic E-state index is 12.9. The molecule has 26 heavy (non-hydrogen) atoms. The van der Waals surface area contributed by atoms with Crippen LogP contribution in [0.5, 0.6) is 0 Å². The minimum absolute atomic E-state index is 0.234. The smallest absolute Gasteiger partial charge is 0.278 e. The molecule has 2 aromatic rings. The molecule has 2 amide bonds. The summed E-state index contributed by atoms with van der Waals surface area (Å²) in [4.78, 5) is 31.8. The number of likely N-dealkylation sites (N-methyl/N-ethyl adjacent to an activating group) is 1. The molecule has 2 N–H and O–H groups in total. The van der Waals surface area contributed by atoms with E-state index in [-0.39, 0.29) is 17.6 Å². The van der Waals surface area contributed by atoms with E-state index >= 15 is 0 Å². The van der Waals surface area contributed by atoms with Gasteiger partial charge in [0.2, 0.25) is 0 Å². The van der Waals surface area contributed by atoms with E-state index in [0.717, 1.165) is 6.54 Å². The zero-order valence-corrected chi connectivity index (χ0v) is 14.7. The van der Waals surface area contributed by atoms with E-state index in [2.05, 4.69) is 17.0 Å². The van der Waals surface area contributed by atoms with Gasteiger partial charge in [-0.3, -0.25) is 24.5 Å². The second-order valence-corrected chi connectivity index (χ2v) is 6.20. The molecule has 1 atom stereocenters. The van der Waals surface area contributed by atoms with Crippen LogP contribution < -0.4 is 5.48 Å². The first kappa shape index (κ1) is 18.1. The van der Waals surface area contributed by atoms with Gasteiger partial charge in [-0.15, -0.1) is 0 Å². The van der Waals surface area contributed by atoms with Gasteiger partial charge < -0.3 is 0 Å². The highest BCUT2D eigenvalue weighted by molar-refractivity contribution is 5.97. The Balaban J connectivity index is 1.82. The molecule has 2 aromatic carbocycles. The molecule has 0 aliphatic carbocycles. The first-order chi connectivity index (χ1) is 12.5. The molecule has 0 fully saturated rings. The van der Waals surface area contributed by atoms with Gasteiger partial charge in [-0.2, -0.15) is 5.06 Å². The van der Waals surface area contributed by atoms with Gasteiger partial charge in [0.1, 0.15) is 6.17 Å². The number of hydrogen-bond acceptors (Lipinski definition) is 5. The van der Waals surface area contributed by atoms with Gasteiger partial charge in [0, 0.05) is 24.1 Å². The van der Waals surface area contributed by atoms with Crippen LogP contribution in [0.15, 0.2) is 48.5 Å². The number of carbonyl (C=O) groups is 2. The van der Waals surface area contributed by atoms with Gasteiger partial charge in [-0.25, -0.2) is 5.48 Å². The highest BCUT2D eigenvalue weighted by Crippen LogP contribution is 2.25. The number of hydrogen-bond donors (Lipinski definition) is 2. The summed E-state index contributed by atoms with van der Waals surface area (Å²) < 4.78 is 0. The molecular weight excluding hydrogens is 334 g/mol. The van der Waals surface area contributed by atoms with Crippen LogP contribution in [0.3, 0.4) is 0 Å². The second kappa shape index (κ2) is 7.65. The maximum atomic E-state index is 12.9. The number of nitrogens with one attached hydrogen (secondary N) is 1. The molecule has 3 rings (SSSR count). The Kier molecular flexibility index (Phi) is 5.32. The molecule has 0 bridgehead atoms. The molecule has 0 radical (unpaired) electrons. The fraction of sp³-hybridized carbons (Fsp3) is 0.263. The highest BCUT2D eigenvalue weighted by Gasteiger charge is 2.32. The topological polar surface area (TPSA) is 82.1 Å². The number of carbonyl (C=O) groups excluding carboxylic acids is 2. The van der Waals surface area contributed by atoms with Crippen LogP contribution in [0.25, 0.3) is 0 Å². The van der Waals surface area contributed by atoms with Crippen molar-refractivity contribution in [2.24, 2.45) is 0 Å². The predicted molar refractivity (Wildman–Crippen MR) is 94.3 cm³/mol. The fourth-order valence-electron chi connectivity index (χ4n) is 3.20. The molecular formula is C19H21N3O4. The van der Waals surface area contributed by atoms with Crippen LogP contribution in [-0.4, -0.2) is 47.3 Å². The molecule has 136 valence electrons. The van der Waals surface area contributed by atoms with Crippen molar-refractivity contribution in [3.05, 3.63) is 70.8 Å². The largest absolute Gasteiger partial charge is 0.288 e. The minimum atomic E-state index is -0.629. The van der Waals surface area contributed by atoms with Gasteiger partial charge in [-0.1, -0.05) is 24.3 Å². The maximum Gasteiger partial charge on any atom is 0.278 e. The zero-order chi connectivity index (χ0) is 18.7. The highest BCUT2D eigenvalue weighted by atomic mass is 16.7. The summed E-state index contributed by atoms with van der Waals surface area (Å²) in [7, 11) is 3.43. The SMILES string of the molecule is CON(C(=O)c1ccc(C(=O)NO)cc1)C1Cc2ccccc2CN1C. The molecule has 0 spiro atoms. The van der Waals surface area contributed by atoms with Crippen molar-refractivity contribution in [3.63, 3.8) is 0 Å². The lowest BCUT2D eigenvalue weighted by molar-refractivity contribution is -0.161. The number of hydroxylamine groups is 3. The Labute approximate surface area is 151 Å². The van der Waals surface area contributed by atoms with E-state index in [1.54, 1.807) is 5.48 Å². The van der Waals surface area contributed by atoms with Crippen molar-refractivity contribution < 1.29 is 19.6 Å². The predicted octanol–water partition coefficient (Wildman–Crippen LogP) is 1.82. The summed E-state index contributed by atoms with van der Waals surface area (Å²) in [5, 5.41) is 10.0. The number of fused-ring (bicyclic) bond motifs is 1. The van der Waals surface area contributed by atoms with Gasteiger partial charge in [0.15, 0.2) is 0 Å². The van der Waals surface area contributed by atoms with Crippen LogP contribution in [-0.2, 0) is 17.8 Å².